The Morgan fingerprint density at radius 2 is 2.38 bits per heavy atom. The van der Waals surface area contributed by atoms with E-state index in [1.54, 1.807) is 4.90 Å². The predicted octanol–water partition coefficient (Wildman–Crippen LogP) is -0.150. The van der Waals surface area contributed by atoms with E-state index in [0.29, 0.717) is 5.41 Å². The van der Waals surface area contributed by atoms with Crippen LogP contribution in [-0.2, 0) is 4.79 Å². The molecule has 1 amide bonds. The van der Waals surface area contributed by atoms with Crippen molar-refractivity contribution in [1.29, 1.82) is 5.26 Å². The number of carbonyl (C=O) groups is 1. The molecule has 1 heterocycles. The summed E-state index contributed by atoms with van der Waals surface area (Å²) < 4.78 is 0. The van der Waals surface area contributed by atoms with E-state index >= 15 is 0 Å². The van der Waals surface area contributed by atoms with E-state index in [1.165, 1.54) is 12.8 Å². The Balaban J connectivity index is 2.10. The normalized spacial score (nSPS) is 28.9. The summed E-state index contributed by atoms with van der Waals surface area (Å²) in [6.45, 7) is 0.773. The largest absolute Gasteiger partial charge is 0.325 e. The highest BCUT2D eigenvalue weighted by molar-refractivity contribution is 5.79. The van der Waals surface area contributed by atoms with Gasteiger partial charge in [-0.1, -0.05) is 0 Å². The molecule has 1 saturated heterocycles. The van der Waals surface area contributed by atoms with Gasteiger partial charge in [0.25, 0.3) is 0 Å². The van der Waals surface area contributed by atoms with Crippen molar-refractivity contribution in [2.75, 3.05) is 13.1 Å². The lowest BCUT2D eigenvalue weighted by Crippen LogP contribution is -2.39. The highest BCUT2D eigenvalue weighted by Crippen LogP contribution is 2.54. The van der Waals surface area contributed by atoms with E-state index in [4.69, 9.17) is 11.0 Å². The maximum Gasteiger partial charge on any atom is 0.237 e. The van der Waals surface area contributed by atoms with Crippen LogP contribution in [0.2, 0.25) is 0 Å². The summed E-state index contributed by atoms with van der Waals surface area (Å²) in [6.07, 6.45) is 3.19. The van der Waals surface area contributed by atoms with Gasteiger partial charge in [-0.05, 0) is 24.7 Å². The van der Waals surface area contributed by atoms with E-state index in [0.717, 1.165) is 13.0 Å². The zero-order chi connectivity index (χ0) is 9.47. The number of hydrogen-bond donors (Lipinski definition) is 1. The molecular weight excluding hydrogens is 166 g/mol. The summed E-state index contributed by atoms with van der Waals surface area (Å²) in [7, 11) is 0. The first-order chi connectivity index (χ1) is 6.21. The maximum atomic E-state index is 11.3. The Morgan fingerprint density at radius 3 is 2.85 bits per heavy atom. The van der Waals surface area contributed by atoms with Crippen molar-refractivity contribution < 1.29 is 4.79 Å². The van der Waals surface area contributed by atoms with Gasteiger partial charge in [-0.15, -0.1) is 0 Å². The van der Waals surface area contributed by atoms with Crippen LogP contribution in [0.25, 0.3) is 0 Å². The van der Waals surface area contributed by atoms with E-state index in [1.807, 2.05) is 0 Å². The Bertz CT molecular complexity index is 277. The monoisotopic (exact) mass is 179 g/mol. The number of rotatable bonds is 1. The molecule has 2 fully saturated rings. The van der Waals surface area contributed by atoms with Crippen LogP contribution in [0.15, 0.2) is 0 Å². The molecule has 2 N–H and O–H groups in total. The minimum absolute atomic E-state index is 0.0221. The van der Waals surface area contributed by atoms with Crippen LogP contribution >= 0.6 is 0 Å². The van der Waals surface area contributed by atoms with Crippen LogP contribution in [-0.4, -0.2) is 29.9 Å². The van der Waals surface area contributed by atoms with E-state index in [2.05, 4.69) is 6.07 Å². The number of likely N-dealkylation sites (tertiary alicyclic amines) is 1. The summed E-state index contributed by atoms with van der Waals surface area (Å²) in [4.78, 5) is 13.0. The van der Waals surface area contributed by atoms with Crippen LogP contribution in [0.4, 0.5) is 0 Å². The quantitative estimate of drug-likeness (QED) is 0.608. The first-order valence-corrected chi connectivity index (χ1v) is 4.60. The third-order valence-corrected chi connectivity index (χ3v) is 3.11. The number of amides is 1. The van der Waals surface area contributed by atoms with Crippen LogP contribution in [0, 0.1) is 16.7 Å². The van der Waals surface area contributed by atoms with Crippen molar-refractivity contribution in [3.63, 3.8) is 0 Å². The van der Waals surface area contributed by atoms with Crippen LogP contribution in [0.1, 0.15) is 19.3 Å². The van der Waals surface area contributed by atoms with Crippen molar-refractivity contribution in [3.05, 3.63) is 0 Å². The van der Waals surface area contributed by atoms with Crippen LogP contribution in [0.5, 0.6) is 0 Å². The lowest BCUT2D eigenvalue weighted by molar-refractivity contribution is -0.129. The summed E-state index contributed by atoms with van der Waals surface area (Å²) in [5.74, 6) is -0.0877. The molecular formula is C9H13N3O. The molecule has 1 aliphatic heterocycles. The zero-order valence-corrected chi connectivity index (χ0v) is 7.49. The van der Waals surface area contributed by atoms with Gasteiger partial charge in [0.1, 0.15) is 6.04 Å². The van der Waals surface area contributed by atoms with Gasteiger partial charge >= 0.3 is 0 Å². The minimum Gasteiger partial charge on any atom is -0.325 e. The van der Waals surface area contributed by atoms with Gasteiger partial charge in [-0.3, -0.25) is 4.79 Å². The average molecular weight is 179 g/mol. The maximum absolute atomic E-state index is 11.3. The number of hydrogen-bond acceptors (Lipinski definition) is 3. The van der Waals surface area contributed by atoms with Crippen molar-refractivity contribution in [3.8, 4) is 6.07 Å². The van der Waals surface area contributed by atoms with Crippen molar-refractivity contribution >= 4 is 5.91 Å². The van der Waals surface area contributed by atoms with Crippen molar-refractivity contribution in [2.24, 2.45) is 11.1 Å². The van der Waals surface area contributed by atoms with Crippen LogP contribution in [0.3, 0.4) is 0 Å². The second kappa shape index (κ2) is 2.71. The van der Waals surface area contributed by atoms with Gasteiger partial charge in [-0.25, -0.2) is 0 Å². The lowest BCUT2D eigenvalue weighted by atomic mass is 10.0. The minimum atomic E-state index is -0.224. The fraction of sp³-hybridized carbons (Fsp3) is 0.778. The summed E-state index contributed by atoms with van der Waals surface area (Å²) >= 11 is 0. The predicted molar refractivity (Wildman–Crippen MR) is 46.5 cm³/mol. The summed E-state index contributed by atoms with van der Waals surface area (Å²) in [5.41, 5.74) is 5.57. The fourth-order valence-electron chi connectivity index (χ4n) is 2.09. The van der Waals surface area contributed by atoms with E-state index < -0.39 is 0 Å². The number of nitrogens with two attached hydrogens (primary N) is 1. The second-order valence-corrected chi connectivity index (χ2v) is 4.07. The first-order valence-electron chi connectivity index (χ1n) is 4.60. The Hall–Kier alpha value is -1.08. The molecule has 13 heavy (non-hydrogen) atoms. The Labute approximate surface area is 77.3 Å². The molecule has 0 radical (unpaired) electrons. The highest BCUT2D eigenvalue weighted by atomic mass is 16.2. The fourth-order valence-corrected chi connectivity index (χ4v) is 2.09. The first kappa shape index (κ1) is 8.52. The number of nitriles is 1. The molecule has 0 aromatic carbocycles. The summed E-state index contributed by atoms with van der Waals surface area (Å²) in [6, 6.07) is 1.95. The van der Waals surface area contributed by atoms with Crippen molar-refractivity contribution in [2.45, 2.75) is 25.3 Å². The Kier molecular flexibility index (Phi) is 1.77. The Morgan fingerprint density at radius 1 is 1.69 bits per heavy atom. The van der Waals surface area contributed by atoms with Gasteiger partial charge in [0.2, 0.25) is 5.91 Å². The molecule has 1 spiro atoms. The van der Waals surface area contributed by atoms with Crippen molar-refractivity contribution in [1.82, 2.24) is 4.90 Å². The third kappa shape index (κ3) is 1.29. The van der Waals surface area contributed by atoms with E-state index in [-0.39, 0.29) is 18.5 Å². The molecule has 2 rings (SSSR count). The topological polar surface area (TPSA) is 70.1 Å². The molecule has 0 aromatic rings. The van der Waals surface area contributed by atoms with Crippen LogP contribution < -0.4 is 5.73 Å². The molecule has 1 atom stereocenters. The highest BCUT2D eigenvalue weighted by Gasteiger charge is 2.53. The molecule has 0 bridgehead atoms. The molecule has 1 aliphatic carbocycles. The molecule has 70 valence electrons. The second-order valence-electron chi connectivity index (χ2n) is 4.07. The van der Waals surface area contributed by atoms with Gasteiger partial charge in [0.15, 0.2) is 0 Å². The number of carbonyl (C=O) groups excluding carboxylic acids is 1. The smallest absolute Gasteiger partial charge is 0.237 e. The summed E-state index contributed by atoms with van der Waals surface area (Å²) in [5, 5.41) is 8.86. The molecule has 1 saturated carbocycles. The lowest BCUT2D eigenvalue weighted by Gasteiger charge is -2.18. The molecule has 2 aliphatic rings. The van der Waals surface area contributed by atoms with Gasteiger partial charge in [0, 0.05) is 6.54 Å². The average Bonchev–Trinajstić information content (AvgIpc) is 2.77. The van der Waals surface area contributed by atoms with Gasteiger partial charge < -0.3 is 10.6 Å². The molecule has 0 aromatic heterocycles. The van der Waals surface area contributed by atoms with Gasteiger partial charge in [0.05, 0.1) is 12.6 Å². The standard InChI is InChI=1S/C9H13N3O/c10-4-7-3-9(1-2-9)6-12(7)8(13)5-11/h7H,1-3,5-6,11H2/t7-/m0/s1. The third-order valence-electron chi connectivity index (χ3n) is 3.11. The van der Waals surface area contributed by atoms with E-state index in [9.17, 15) is 4.79 Å². The van der Waals surface area contributed by atoms with Gasteiger partial charge in [-0.2, -0.15) is 5.26 Å². The SMILES string of the molecule is N#C[C@@H]1CC2(CC2)CN1C(=O)CN. The molecule has 0 unspecified atom stereocenters. The zero-order valence-electron chi connectivity index (χ0n) is 7.49. The number of nitrogens with zero attached hydrogens (tertiary/aromatic N) is 2. The molecule has 4 heteroatoms. The molecule has 4 nitrogen and oxygen atoms in total.